The quantitative estimate of drug-likeness (QED) is 0.809. The van der Waals surface area contributed by atoms with Crippen molar-refractivity contribution in [3.63, 3.8) is 0 Å². The largest absolute Gasteiger partial charge is 0.465 e. The molecule has 2 N–H and O–H groups in total. The fraction of sp³-hybridized carbons (Fsp3) is 0.562. The van der Waals surface area contributed by atoms with E-state index in [2.05, 4.69) is 17.0 Å². The zero-order valence-corrected chi connectivity index (χ0v) is 12.2. The van der Waals surface area contributed by atoms with Gasteiger partial charge in [0.15, 0.2) is 0 Å². The molecular weight excluding hydrogens is 254 g/mol. The Morgan fingerprint density at radius 2 is 2.15 bits per heavy atom. The Labute approximate surface area is 120 Å². The molecule has 1 aliphatic carbocycles. The molecule has 0 bridgehead atoms. The number of carbonyl (C=O) groups excluding carboxylic acids is 1. The van der Waals surface area contributed by atoms with Gasteiger partial charge in [-0.25, -0.2) is 4.79 Å². The predicted octanol–water partition coefficient (Wildman–Crippen LogP) is 2.11. The zero-order chi connectivity index (χ0) is 14.6. The van der Waals surface area contributed by atoms with Crippen molar-refractivity contribution in [3.05, 3.63) is 35.4 Å². The number of hydrogen-bond acceptors (Lipinski definition) is 4. The molecule has 1 aliphatic rings. The highest BCUT2D eigenvalue weighted by atomic mass is 16.5. The minimum atomic E-state index is -0.312. The Kier molecular flexibility index (Phi) is 4.78. The molecule has 0 heterocycles. The van der Waals surface area contributed by atoms with Crippen LogP contribution in [0, 0.1) is 5.41 Å². The van der Waals surface area contributed by atoms with Crippen LogP contribution in [-0.2, 0) is 11.3 Å². The van der Waals surface area contributed by atoms with Crippen molar-refractivity contribution in [2.75, 3.05) is 13.7 Å². The second-order valence-electron chi connectivity index (χ2n) is 5.83. The smallest absolute Gasteiger partial charge is 0.337 e. The van der Waals surface area contributed by atoms with Crippen LogP contribution in [-0.4, -0.2) is 30.8 Å². The standard InChI is InChI=1S/C16H23NO3/c1-16(11-18)9-3-4-14(16)17-10-12-5-7-13(8-6-12)15(19)20-2/h5-8,14,17-18H,3-4,9-11H2,1-2H3. The van der Waals surface area contributed by atoms with Crippen LogP contribution in [0.25, 0.3) is 0 Å². The third kappa shape index (κ3) is 3.19. The summed E-state index contributed by atoms with van der Waals surface area (Å²) in [7, 11) is 1.38. The lowest BCUT2D eigenvalue weighted by molar-refractivity contribution is 0.0600. The average Bonchev–Trinajstić information content (AvgIpc) is 2.86. The van der Waals surface area contributed by atoms with Gasteiger partial charge < -0.3 is 15.2 Å². The summed E-state index contributed by atoms with van der Waals surface area (Å²) in [5, 5.41) is 13.1. The van der Waals surface area contributed by atoms with Gasteiger partial charge in [0.1, 0.15) is 0 Å². The van der Waals surface area contributed by atoms with Crippen LogP contribution >= 0.6 is 0 Å². The lowest BCUT2D eigenvalue weighted by Crippen LogP contribution is -2.41. The first kappa shape index (κ1) is 15.0. The number of aliphatic hydroxyl groups is 1. The Morgan fingerprint density at radius 3 is 2.75 bits per heavy atom. The maximum absolute atomic E-state index is 11.4. The van der Waals surface area contributed by atoms with Crippen LogP contribution in [0.15, 0.2) is 24.3 Å². The van der Waals surface area contributed by atoms with Gasteiger partial charge in [-0.05, 0) is 30.5 Å². The van der Waals surface area contributed by atoms with Gasteiger partial charge in [-0.1, -0.05) is 25.5 Å². The summed E-state index contributed by atoms with van der Waals surface area (Å²) in [6, 6.07) is 7.79. The first-order chi connectivity index (χ1) is 9.59. The van der Waals surface area contributed by atoms with Crippen molar-refractivity contribution in [2.24, 2.45) is 5.41 Å². The lowest BCUT2D eigenvalue weighted by Gasteiger charge is -2.30. The van der Waals surface area contributed by atoms with E-state index in [0.29, 0.717) is 11.6 Å². The molecule has 0 spiro atoms. The molecule has 4 heteroatoms. The Hall–Kier alpha value is -1.39. The summed E-state index contributed by atoms with van der Waals surface area (Å²) in [5.74, 6) is -0.312. The van der Waals surface area contributed by atoms with Gasteiger partial charge in [-0.3, -0.25) is 0 Å². The molecule has 4 nitrogen and oxygen atoms in total. The van der Waals surface area contributed by atoms with E-state index in [4.69, 9.17) is 0 Å². The summed E-state index contributed by atoms with van der Waals surface area (Å²) in [6.45, 7) is 3.12. The number of methoxy groups -OCH3 is 1. The van der Waals surface area contributed by atoms with E-state index >= 15 is 0 Å². The van der Waals surface area contributed by atoms with Crippen LogP contribution in [0.5, 0.6) is 0 Å². The highest BCUT2D eigenvalue weighted by Crippen LogP contribution is 2.37. The highest BCUT2D eigenvalue weighted by Gasteiger charge is 2.37. The molecule has 0 amide bonds. The number of ether oxygens (including phenoxy) is 1. The minimum absolute atomic E-state index is 0.00798. The highest BCUT2D eigenvalue weighted by molar-refractivity contribution is 5.89. The van der Waals surface area contributed by atoms with Gasteiger partial charge in [0, 0.05) is 24.6 Å². The molecular formula is C16H23NO3. The molecule has 1 aromatic carbocycles. The van der Waals surface area contributed by atoms with Crippen molar-refractivity contribution >= 4 is 5.97 Å². The summed E-state index contributed by atoms with van der Waals surface area (Å²) >= 11 is 0. The van der Waals surface area contributed by atoms with E-state index in [9.17, 15) is 9.90 Å². The summed E-state index contributed by atoms with van der Waals surface area (Å²) in [6.07, 6.45) is 3.34. The zero-order valence-electron chi connectivity index (χ0n) is 12.2. The Morgan fingerprint density at radius 1 is 1.45 bits per heavy atom. The van der Waals surface area contributed by atoms with E-state index < -0.39 is 0 Å². The Bertz CT molecular complexity index is 457. The van der Waals surface area contributed by atoms with Crippen LogP contribution < -0.4 is 5.32 Å². The average molecular weight is 277 g/mol. The van der Waals surface area contributed by atoms with Crippen LogP contribution in [0.4, 0.5) is 0 Å². The van der Waals surface area contributed by atoms with Crippen molar-refractivity contribution in [1.82, 2.24) is 5.32 Å². The molecule has 20 heavy (non-hydrogen) atoms. The molecule has 0 radical (unpaired) electrons. The molecule has 1 saturated carbocycles. The van der Waals surface area contributed by atoms with Gasteiger partial charge in [-0.15, -0.1) is 0 Å². The number of benzene rings is 1. The maximum Gasteiger partial charge on any atom is 0.337 e. The van der Waals surface area contributed by atoms with Crippen molar-refractivity contribution < 1.29 is 14.6 Å². The SMILES string of the molecule is COC(=O)c1ccc(CNC2CCCC2(C)CO)cc1. The van der Waals surface area contributed by atoms with Crippen molar-refractivity contribution in [2.45, 2.75) is 38.8 Å². The van der Waals surface area contributed by atoms with Gasteiger partial charge >= 0.3 is 5.97 Å². The summed E-state index contributed by atoms with van der Waals surface area (Å²) < 4.78 is 4.68. The first-order valence-corrected chi connectivity index (χ1v) is 7.10. The monoisotopic (exact) mass is 277 g/mol. The third-order valence-corrected chi connectivity index (χ3v) is 4.37. The van der Waals surface area contributed by atoms with Gasteiger partial charge in [0.2, 0.25) is 0 Å². The summed E-state index contributed by atoms with van der Waals surface area (Å²) in [4.78, 5) is 11.4. The second kappa shape index (κ2) is 6.37. The van der Waals surface area contributed by atoms with Crippen LogP contribution in [0.3, 0.4) is 0 Å². The molecule has 0 saturated heterocycles. The number of rotatable bonds is 5. The number of nitrogens with one attached hydrogen (secondary N) is 1. The van der Waals surface area contributed by atoms with E-state index in [1.165, 1.54) is 7.11 Å². The Balaban J connectivity index is 1.93. The number of esters is 1. The van der Waals surface area contributed by atoms with E-state index in [-0.39, 0.29) is 18.0 Å². The van der Waals surface area contributed by atoms with Gasteiger partial charge in [0.05, 0.1) is 12.7 Å². The number of hydrogen-bond donors (Lipinski definition) is 2. The molecule has 0 aliphatic heterocycles. The normalized spacial score (nSPS) is 25.6. The van der Waals surface area contributed by atoms with Crippen LogP contribution in [0.1, 0.15) is 42.1 Å². The fourth-order valence-electron chi connectivity index (χ4n) is 2.89. The molecule has 2 unspecified atom stereocenters. The lowest BCUT2D eigenvalue weighted by atomic mass is 9.86. The van der Waals surface area contributed by atoms with Crippen LogP contribution in [0.2, 0.25) is 0 Å². The molecule has 0 aromatic heterocycles. The number of aliphatic hydroxyl groups excluding tert-OH is 1. The first-order valence-electron chi connectivity index (χ1n) is 7.10. The van der Waals surface area contributed by atoms with E-state index in [1.807, 2.05) is 12.1 Å². The molecule has 2 atom stereocenters. The number of carbonyl (C=O) groups is 1. The second-order valence-corrected chi connectivity index (χ2v) is 5.83. The topological polar surface area (TPSA) is 58.6 Å². The van der Waals surface area contributed by atoms with E-state index in [1.54, 1.807) is 12.1 Å². The minimum Gasteiger partial charge on any atom is -0.465 e. The van der Waals surface area contributed by atoms with Gasteiger partial charge in [-0.2, -0.15) is 0 Å². The molecule has 2 rings (SSSR count). The van der Waals surface area contributed by atoms with Gasteiger partial charge in [0.25, 0.3) is 0 Å². The molecule has 1 aromatic rings. The van der Waals surface area contributed by atoms with Crippen molar-refractivity contribution in [1.29, 1.82) is 0 Å². The third-order valence-electron chi connectivity index (χ3n) is 4.37. The van der Waals surface area contributed by atoms with E-state index in [0.717, 1.165) is 31.4 Å². The fourth-order valence-corrected chi connectivity index (χ4v) is 2.89. The predicted molar refractivity (Wildman–Crippen MR) is 77.5 cm³/mol. The molecule has 1 fully saturated rings. The van der Waals surface area contributed by atoms with Crippen molar-refractivity contribution in [3.8, 4) is 0 Å². The summed E-state index contributed by atoms with van der Waals surface area (Å²) in [5.41, 5.74) is 1.69. The maximum atomic E-state index is 11.4. The molecule has 110 valence electrons.